The molecule has 194 valence electrons. The monoisotopic (exact) mass is 540 g/mol. The van der Waals surface area contributed by atoms with Crippen LogP contribution in [0.15, 0.2) is 47.5 Å². The van der Waals surface area contributed by atoms with Crippen LogP contribution in [-0.2, 0) is 9.84 Å². The molecule has 1 saturated heterocycles. The van der Waals surface area contributed by atoms with E-state index in [1.54, 1.807) is 51.3 Å². The normalized spacial score (nSPS) is 14.3. The van der Waals surface area contributed by atoms with Crippen molar-refractivity contribution >= 4 is 44.6 Å². The van der Waals surface area contributed by atoms with E-state index in [0.29, 0.717) is 22.7 Å². The summed E-state index contributed by atoms with van der Waals surface area (Å²) >= 11 is 6.35. The van der Waals surface area contributed by atoms with Crippen molar-refractivity contribution in [2.24, 2.45) is 0 Å². The van der Waals surface area contributed by atoms with Crippen molar-refractivity contribution in [1.82, 2.24) is 15.3 Å². The molecule has 1 fully saturated rings. The molecule has 0 saturated carbocycles. The molecule has 0 bridgehead atoms. The number of halogens is 1. The van der Waals surface area contributed by atoms with Crippen LogP contribution in [0.4, 0.5) is 23.1 Å². The molecule has 37 heavy (non-hydrogen) atoms. The summed E-state index contributed by atoms with van der Waals surface area (Å²) in [5.74, 6) is 1.28. The average Bonchev–Trinajstić information content (AvgIpc) is 2.91. The highest BCUT2D eigenvalue weighted by Crippen LogP contribution is 2.37. The zero-order valence-corrected chi connectivity index (χ0v) is 22.4. The first-order valence-corrected chi connectivity index (χ1v) is 13.9. The van der Waals surface area contributed by atoms with Crippen molar-refractivity contribution in [2.45, 2.75) is 42.8 Å². The Balaban J connectivity index is 1.66. The van der Waals surface area contributed by atoms with Crippen molar-refractivity contribution in [3.05, 3.63) is 58.7 Å². The highest BCUT2D eigenvalue weighted by atomic mass is 35.5. The molecule has 1 aliphatic heterocycles. The molecule has 0 aliphatic carbocycles. The highest BCUT2D eigenvalue weighted by molar-refractivity contribution is 7.92. The molecule has 1 aliphatic rings. The van der Waals surface area contributed by atoms with Crippen LogP contribution in [0.1, 0.15) is 43.7 Å². The summed E-state index contributed by atoms with van der Waals surface area (Å²) in [6, 6.07) is 12.5. The standard InChI is InChI=1S/C26H29ClN6O3S/c1-16(2)37(34,35)24-7-5-4-6-21(24)31-25-20(27)15-30-26(33-25)32-22-12-18(14-28)19(13-23(22)36-3)17-8-10-29-11-9-17/h4-7,12-13,15-17,29H,8-11H2,1-3H3,(H2,30,31,32,33). The van der Waals surface area contributed by atoms with Gasteiger partial charge < -0.3 is 20.7 Å². The van der Waals surface area contributed by atoms with E-state index in [-0.39, 0.29) is 27.6 Å². The Morgan fingerprint density at radius 2 is 1.89 bits per heavy atom. The minimum absolute atomic E-state index is 0.156. The van der Waals surface area contributed by atoms with E-state index < -0.39 is 15.1 Å². The molecule has 3 N–H and O–H groups in total. The van der Waals surface area contributed by atoms with Gasteiger partial charge in [-0.2, -0.15) is 10.2 Å². The largest absolute Gasteiger partial charge is 0.495 e. The van der Waals surface area contributed by atoms with Crippen molar-refractivity contribution in [2.75, 3.05) is 30.8 Å². The van der Waals surface area contributed by atoms with Gasteiger partial charge in [-0.1, -0.05) is 23.7 Å². The fourth-order valence-electron chi connectivity index (χ4n) is 4.26. The van der Waals surface area contributed by atoms with Crippen LogP contribution in [0.5, 0.6) is 5.75 Å². The molecule has 0 amide bonds. The summed E-state index contributed by atoms with van der Waals surface area (Å²) in [4.78, 5) is 8.88. The molecule has 11 heteroatoms. The van der Waals surface area contributed by atoms with Gasteiger partial charge in [0.05, 0.1) is 46.5 Å². The van der Waals surface area contributed by atoms with E-state index >= 15 is 0 Å². The van der Waals surface area contributed by atoms with Gasteiger partial charge in [-0.3, -0.25) is 0 Å². The predicted octanol–water partition coefficient (Wildman–Crippen LogP) is 5.15. The number of methoxy groups -OCH3 is 1. The number of sulfone groups is 1. The van der Waals surface area contributed by atoms with Crippen LogP contribution in [0.25, 0.3) is 0 Å². The average molecular weight is 541 g/mol. The number of piperidine rings is 1. The zero-order chi connectivity index (χ0) is 26.6. The van der Waals surface area contributed by atoms with Crippen LogP contribution < -0.4 is 20.7 Å². The first-order valence-electron chi connectivity index (χ1n) is 12.0. The fourth-order valence-corrected chi connectivity index (χ4v) is 5.60. The number of hydrogen-bond acceptors (Lipinski definition) is 9. The van der Waals surface area contributed by atoms with Crippen LogP contribution in [0.2, 0.25) is 5.02 Å². The Kier molecular flexibility index (Phi) is 8.17. The van der Waals surface area contributed by atoms with E-state index in [4.69, 9.17) is 16.3 Å². The number of ether oxygens (including phenoxy) is 1. The van der Waals surface area contributed by atoms with E-state index in [1.807, 2.05) is 6.07 Å². The molecular weight excluding hydrogens is 512 g/mol. The minimum atomic E-state index is -3.55. The lowest BCUT2D eigenvalue weighted by atomic mass is 9.87. The summed E-state index contributed by atoms with van der Waals surface area (Å²) in [7, 11) is -1.98. The maximum absolute atomic E-state index is 12.8. The third-order valence-corrected chi connectivity index (χ3v) is 8.82. The number of nitriles is 1. The van der Waals surface area contributed by atoms with Gasteiger partial charge in [0.1, 0.15) is 10.8 Å². The number of aromatic nitrogens is 2. The summed E-state index contributed by atoms with van der Waals surface area (Å²) < 4.78 is 31.3. The van der Waals surface area contributed by atoms with E-state index in [1.165, 1.54) is 6.20 Å². The maximum atomic E-state index is 12.8. The summed E-state index contributed by atoms with van der Waals surface area (Å²) in [6.45, 7) is 5.08. The Labute approximate surface area is 222 Å². The van der Waals surface area contributed by atoms with Crippen LogP contribution in [0, 0.1) is 11.3 Å². The smallest absolute Gasteiger partial charge is 0.229 e. The number of benzene rings is 2. The zero-order valence-electron chi connectivity index (χ0n) is 20.9. The minimum Gasteiger partial charge on any atom is -0.495 e. The van der Waals surface area contributed by atoms with E-state index in [0.717, 1.165) is 31.5 Å². The van der Waals surface area contributed by atoms with Crippen LogP contribution in [-0.4, -0.2) is 43.8 Å². The Morgan fingerprint density at radius 1 is 1.16 bits per heavy atom. The van der Waals surface area contributed by atoms with Crippen molar-refractivity contribution in [3.8, 4) is 11.8 Å². The molecule has 4 rings (SSSR count). The molecule has 3 aromatic rings. The topological polar surface area (TPSA) is 129 Å². The summed E-state index contributed by atoms with van der Waals surface area (Å²) in [6.07, 6.45) is 3.32. The first kappa shape index (κ1) is 26.7. The molecule has 2 aromatic carbocycles. The second-order valence-corrected chi connectivity index (χ2v) is 11.9. The second-order valence-electron chi connectivity index (χ2n) is 9.01. The van der Waals surface area contributed by atoms with Crippen molar-refractivity contribution in [3.63, 3.8) is 0 Å². The predicted molar refractivity (Wildman–Crippen MR) is 145 cm³/mol. The van der Waals surface area contributed by atoms with Gasteiger partial charge in [-0.25, -0.2) is 13.4 Å². The Hall–Kier alpha value is -3.39. The maximum Gasteiger partial charge on any atom is 0.229 e. The third-order valence-electron chi connectivity index (χ3n) is 6.33. The summed E-state index contributed by atoms with van der Waals surface area (Å²) in [5.41, 5.74) is 2.43. The Morgan fingerprint density at radius 3 is 2.57 bits per heavy atom. The summed E-state index contributed by atoms with van der Waals surface area (Å²) in [5, 5.41) is 19.0. The molecule has 2 heterocycles. The van der Waals surface area contributed by atoms with E-state index in [2.05, 4.69) is 32.0 Å². The number of anilines is 4. The Bertz CT molecular complexity index is 1430. The first-order chi connectivity index (χ1) is 17.7. The molecule has 0 atom stereocenters. The lowest BCUT2D eigenvalue weighted by Gasteiger charge is -2.25. The van der Waals surface area contributed by atoms with Crippen molar-refractivity contribution < 1.29 is 13.2 Å². The van der Waals surface area contributed by atoms with Gasteiger partial charge in [0, 0.05) is 0 Å². The van der Waals surface area contributed by atoms with Crippen LogP contribution in [0.3, 0.4) is 0 Å². The second kappa shape index (κ2) is 11.3. The molecule has 1 aromatic heterocycles. The number of para-hydroxylation sites is 1. The molecule has 9 nitrogen and oxygen atoms in total. The number of nitrogens with one attached hydrogen (secondary N) is 3. The molecule has 0 radical (unpaired) electrons. The SMILES string of the molecule is COc1cc(C2CCNCC2)c(C#N)cc1Nc1ncc(Cl)c(Nc2ccccc2S(=O)(=O)C(C)C)n1. The van der Waals surface area contributed by atoms with Gasteiger partial charge in [0.15, 0.2) is 15.7 Å². The van der Waals surface area contributed by atoms with Gasteiger partial charge in [0.2, 0.25) is 5.95 Å². The highest BCUT2D eigenvalue weighted by Gasteiger charge is 2.24. The van der Waals surface area contributed by atoms with Gasteiger partial charge in [-0.05, 0) is 75.5 Å². The number of nitrogens with zero attached hydrogens (tertiary/aromatic N) is 3. The number of rotatable bonds is 8. The third kappa shape index (κ3) is 5.80. The quantitative estimate of drug-likeness (QED) is 0.355. The molecule has 0 spiro atoms. The lowest BCUT2D eigenvalue weighted by Crippen LogP contribution is -2.27. The van der Waals surface area contributed by atoms with Crippen LogP contribution >= 0.6 is 11.6 Å². The van der Waals surface area contributed by atoms with Gasteiger partial charge in [0.25, 0.3) is 0 Å². The van der Waals surface area contributed by atoms with Gasteiger partial charge >= 0.3 is 0 Å². The van der Waals surface area contributed by atoms with E-state index in [9.17, 15) is 13.7 Å². The molecule has 0 unspecified atom stereocenters. The van der Waals surface area contributed by atoms with Crippen molar-refractivity contribution in [1.29, 1.82) is 5.26 Å². The number of hydrogen-bond donors (Lipinski definition) is 3. The lowest BCUT2D eigenvalue weighted by molar-refractivity contribution is 0.413. The fraction of sp³-hybridized carbons (Fsp3) is 0.346. The van der Waals surface area contributed by atoms with Gasteiger partial charge in [-0.15, -0.1) is 0 Å². The molecular formula is C26H29ClN6O3S.